The van der Waals surface area contributed by atoms with E-state index in [9.17, 15) is 14.0 Å². The molecule has 1 aromatic carbocycles. The number of nitrogens with one attached hydrogen (secondary N) is 1. The topological polar surface area (TPSA) is 66.4 Å². The summed E-state index contributed by atoms with van der Waals surface area (Å²) in [5.41, 5.74) is -0.118. The number of aliphatic carboxylic acids is 1. The van der Waals surface area contributed by atoms with Gasteiger partial charge in [0.15, 0.2) is 0 Å². The zero-order chi connectivity index (χ0) is 13.0. The summed E-state index contributed by atoms with van der Waals surface area (Å²) >= 11 is 1.83. The molecule has 6 heteroatoms. The Bertz CT molecular complexity index is 430. The minimum absolute atomic E-state index is 0.118. The maximum Gasteiger partial charge on any atom is 0.326 e. The van der Waals surface area contributed by atoms with Crippen LogP contribution in [0, 0.1) is 9.39 Å². The lowest BCUT2D eigenvalue weighted by Gasteiger charge is -2.13. The van der Waals surface area contributed by atoms with Crippen LogP contribution in [0.25, 0.3) is 0 Å². The molecule has 0 bridgehead atoms. The Kier molecular flexibility index (Phi) is 4.86. The van der Waals surface area contributed by atoms with Crippen molar-refractivity contribution in [1.29, 1.82) is 0 Å². The van der Waals surface area contributed by atoms with Gasteiger partial charge < -0.3 is 10.4 Å². The number of benzene rings is 1. The van der Waals surface area contributed by atoms with Crippen LogP contribution in [0.5, 0.6) is 0 Å². The van der Waals surface area contributed by atoms with Crippen LogP contribution >= 0.6 is 22.6 Å². The van der Waals surface area contributed by atoms with E-state index in [1.165, 1.54) is 12.1 Å². The summed E-state index contributed by atoms with van der Waals surface area (Å²) in [6.45, 7) is 1.63. The smallest absolute Gasteiger partial charge is 0.326 e. The van der Waals surface area contributed by atoms with Gasteiger partial charge in [0.25, 0.3) is 5.91 Å². The molecule has 4 nitrogen and oxygen atoms in total. The molecule has 0 saturated carbocycles. The first-order chi connectivity index (χ1) is 7.97. The van der Waals surface area contributed by atoms with E-state index in [2.05, 4.69) is 5.32 Å². The van der Waals surface area contributed by atoms with Crippen molar-refractivity contribution < 1.29 is 19.1 Å². The van der Waals surface area contributed by atoms with Crippen molar-refractivity contribution in [2.24, 2.45) is 0 Å². The van der Waals surface area contributed by atoms with E-state index in [0.29, 0.717) is 3.57 Å². The summed E-state index contributed by atoms with van der Waals surface area (Å²) in [6, 6.07) is 3.24. The number of carboxylic acids is 1. The highest BCUT2D eigenvalue weighted by Crippen LogP contribution is 2.15. The molecule has 0 aliphatic heterocycles. The van der Waals surface area contributed by atoms with Gasteiger partial charge in [0.1, 0.15) is 11.9 Å². The van der Waals surface area contributed by atoms with Gasteiger partial charge >= 0.3 is 5.97 Å². The third-order valence-corrected chi connectivity index (χ3v) is 3.10. The molecular weight excluding hydrogens is 340 g/mol. The molecule has 0 heterocycles. The molecule has 0 aliphatic rings. The Morgan fingerprint density at radius 3 is 2.65 bits per heavy atom. The van der Waals surface area contributed by atoms with Gasteiger partial charge in [0.2, 0.25) is 0 Å². The number of hydrogen-bond acceptors (Lipinski definition) is 2. The number of rotatable bonds is 4. The predicted octanol–water partition coefficient (Wildman–Crippen LogP) is 2.02. The molecule has 0 aromatic heterocycles. The molecule has 1 rings (SSSR count). The zero-order valence-corrected chi connectivity index (χ0v) is 11.2. The SMILES string of the molecule is CCC(NC(=O)c1c(F)cccc1I)C(=O)O. The molecule has 0 radical (unpaired) electrons. The van der Waals surface area contributed by atoms with Gasteiger partial charge in [-0.1, -0.05) is 13.0 Å². The summed E-state index contributed by atoms with van der Waals surface area (Å²) in [7, 11) is 0. The lowest BCUT2D eigenvalue weighted by atomic mass is 10.1. The van der Waals surface area contributed by atoms with Gasteiger partial charge in [-0.3, -0.25) is 4.79 Å². The first-order valence-electron chi connectivity index (χ1n) is 4.95. The van der Waals surface area contributed by atoms with E-state index < -0.39 is 23.7 Å². The molecule has 1 aromatic rings. The molecule has 17 heavy (non-hydrogen) atoms. The van der Waals surface area contributed by atoms with Crippen molar-refractivity contribution in [1.82, 2.24) is 5.32 Å². The second-order valence-corrected chi connectivity index (χ2v) is 4.53. The summed E-state index contributed by atoms with van der Waals surface area (Å²) in [5, 5.41) is 11.1. The fourth-order valence-electron chi connectivity index (χ4n) is 1.28. The summed E-state index contributed by atoms with van der Waals surface area (Å²) in [6.07, 6.45) is 0.242. The van der Waals surface area contributed by atoms with Crippen molar-refractivity contribution in [3.63, 3.8) is 0 Å². The van der Waals surface area contributed by atoms with Gasteiger partial charge in [0, 0.05) is 3.57 Å². The first kappa shape index (κ1) is 13.9. The highest BCUT2D eigenvalue weighted by molar-refractivity contribution is 14.1. The van der Waals surface area contributed by atoms with Gasteiger partial charge in [-0.15, -0.1) is 0 Å². The molecule has 0 fully saturated rings. The van der Waals surface area contributed by atoms with Crippen LogP contribution in [0.3, 0.4) is 0 Å². The number of carbonyl (C=O) groups excluding carboxylic acids is 1. The van der Waals surface area contributed by atoms with E-state index in [1.54, 1.807) is 13.0 Å². The Morgan fingerprint density at radius 2 is 2.18 bits per heavy atom. The Hall–Kier alpha value is -1.18. The van der Waals surface area contributed by atoms with E-state index in [0.717, 1.165) is 0 Å². The van der Waals surface area contributed by atoms with Gasteiger partial charge in [-0.2, -0.15) is 0 Å². The van der Waals surface area contributed by atoms with Crippen molar-refractivity contribution in [2.75, 3.05) is 0 Å². The van der Waals surface area contributed by atoms with Crippen molar-refractivity contribution in [2.45, 2.75) is 19.4 Å². The van der Waals surface area contributed by atoms with Gasteiger partial charge in [0.05, 0.1) is 5.56 Å². The predicted molar refractivity (Wildman–Crippen MR) is 68.3 cm³/mol. The third-order valence-electron chi connectivity index (χ3n) is 2.20. The molecule has 1 unspecified atom stereocenters. The molecule has 1 atom stereocenters. The molecule has 1 amide bonds. The highest BCUT2D eigenvalue weighted by atomic mass is 127. The lowest BCUT2D eigenvalue weighted by molar-refractivity contribution is -0.139. The summed E-state index contributed by atoms with van der Waals surface area (Å²) in [4.78, 5) is 22.5. The maximum atomic E-state index is 13.4. The molecule has 0 saturated heterocycles. The van der Waals surface area contributed by atoms with Crippen LogP contribution in [0.4, 0.5) is 4.39 Å². The van der Waals surface area contributed by atoms with Crippen molar-refractivity contribution >= 4 is 34.5 Å². The molecule has 0 aliphatic carbocycles. The minimum Gasteiger partial charge on any atom is -0.480 e. The van der Waals surface area contributed by atoms with Gasteiger partial charge in [-0.05, 0) is 41.1 Å². The van der Waals surface area contributed by atoms with E-state index in [4.69, 9.17) is 5.11 Å². The van der Waals surface area contributed by atoms with E-state index in [-0.39, 0.29) is 12.0 Å². The van der Waals surface area contributed by atoms with E-state index >= 15 is 0 Å². The fourth-order valence-corrected chi connectivity index (χ4v) is 1.99. The minimum atomic E-state index is -1.13. The quantitative estimate of drug-likeness (QED) is 0.816. The zero-order valence-electron chi connectivity index (χ0n) is 9.04. The lowest BCUT2D eigenvalue weighted by Crippen LogP contribution is -2.40. The third kappa shape index (κ3) is 3.39. The standard InChI is InChI=1S/C11H11FINO3/c1-2-8(11(16)17)14-10(15)9-6(12)4-3-5-7(9)13/h3-5,8H,2H2,1H3,(H,14,15)(H,16,17). The number of hydrogen-bond donors (Lipinski definition) is 2. The van der Waals surface area contributed by atoms with Crippen LogP contribution in [-0.2, 0) is 4.79 Å². The molecule has 2 N–H and O–H groups in total. The second kappa shape index (κ2) is 5.95. The number of amides is 1. The highest BCUT2D eigenvalue weighted by Gasteiger charge is 2.21. The molecule has 92 valence electrons. The van der Waals surface area contributed by atoms with Crippen LogP contribution < -0.4 is 5.32 Å². The number of halogens is 2. The summed E-state index contributed by atoms with van der Waals surface area (Å²) < 4.78 is 13.9. The Balaban J connectivity index is 2.94. The maximum absolute atomic E-state index is 13.4. The summed E-state index contributed by atoms with van der Waals surface area (Å²) in [5.74, 6) is -2.50. The average Bonchev–Trinajstić information content (AvgIpc) is 2.25. The molecule has 0 spiro atoms. The Morgan fingerprint density at radius 1 is 1.53 bits per heavy atom. The molecular formula is C11H11FINO3. The van der Waals surface area contributed by atoms with Crippen LogP contribution in [0.1, 0.15) is 23.7 Å². The monoisotopic (exact) mass is 351 g/mol. The normalized spacial score (nSPS) is 11.9. The van der Waals surface area contributed by atoms with E-state index in [1.807, 2.05) is 22.6 Å². The fraction of sp³-hybridized carbons (Fsp3) is 0.273. The Labute approximate surface area is 111 Å². The van der Waals surface area contributed by atoms with Crippen molar-refractivity contribution in [3.8, 4) is 0 Å². The number of carboxylic acid groups (broad SMARTS) is 1. The second-order valence-electron chi connectivity index (χ2n) is 3.37. The van der Waals surface area contributed by atoms with Crippen LogP contribution in [0.2, 0.25) is 0 Å². The average molecular weight is 351 g/mol. The van der Waals surface area contributed by atoms with Crippen LogP contribution in [0.15, 0.2) is 18.2 Å². The van der Waals surface area contributed by atoms with Gasteiger partial charge in [-0.25, -0.2) is 9.18 Å². The first-order valence-corrected chi connectivity index (χ1v) is 6.03. The van der Waals surface area contributed by atoms with Crippen molar-refractivity contribution in [3.05, 3.63) is 33.1 Å². The van der Waals surface area contributed by atoms with Crippen LogP contribution in [-0.4, -0.2) is 23.0 Å². The largest absolute Gasteiger partial charge is 0.480 e. The number of carbonyl (C=O) groups is 2.